The van der Waals surface area contributed by atoms with Crippen LogP contribution in [-0.4, -0.2) is 19.6 Å². The van der Waals surface area contributed by atoms with Gasteiger partial charge in [0.15, 0.2) is 0 Å². The van der Waals surface area contributed by atoms with Crippen LogP contribution >= 0.6 is 0 Å². The van der Waals surface area contributed by atoms with E-state index in [1.165, 1.54) is 6.92 Å². The fourth-order valence-electron chi connectivity index (χ4n) is 1.46. The Hall–Kier alpha value is -1.59. The molecule has 94 valence electrons. The van der Waals surface area contributed by atoms with Crippen LogP contribution < -0.4 is 16.2 Å². The largest absolute Gasteiger partial charge is 0.496 e. The van der Waals surface area contributed by atoms with Crippen LogP contribution in [0.1, 0.15) is 24.1 Å². The third-order valence-electron chi connectivity index (χ3n) is 2.42. The molecule has 17 heavy (non-hydrogen) atoms. The smallest absolute Gasteiger partial charge is 0.302 e. The molecule has 0 saturated heterocycles. The summed E-state index contributed by atoms with van der Waals surface area (Å²) in [6.45, 7) is 1.89. The van der Waals surface area contributed by atoms with Crippen molar-refractivity contribution >= 4 is 5.97 Å². The molecule has 0 spiro atoms. The number of ether oxygens (including phenoxy) is 2. The quantitative estimate of drug-likeness (QED) is 0.738. The molecule has 0 aliphatic carbocycles. The standard InChI is InChI=1S/C12H18N2O3/c1-8(15)17-7-10-5-9(11(14)6-13)3-4-12(10)16-2/h3-5,11H,6-7,13-14H2,1-2H3/t11-/m1/s1. The van der Waals surface area contributed by atoms with Crippen LogP contribution in [0.2, 0.25) is 0 Å². The van der Waals surface area contributed by atoms with Crippen molar-refractivity contribution in [2.24, 2.45) is 11.5 Å². The van der Waals surface area contributed by atoms with Crippen LogP contribution in [-0.2, 0) is 16.1 Å². The van der Waals surface area contributed by atoms with Gasteiger partial charge in [-0.2, -0.15) is 0 Å². The molecule has 0 saturated carbocycles. The number of esters is 1. The van der Waals surface area contributed by atoms with Gasteiger partial charge in [0, 0.05) is 25.1 Å². The molecular weight excluding hydrogens is 220 g/mol. The lowest BCUT2D eigenvalue weighted by Gasteiger charge is -2.14. The molecule has 0 aromatic heterocycles. The molecule has 0 aliphatic heterocycles. The first-order valence-corrected chi connectivity index (χ1v) is 5.34. The van der Waals surface area contributed by atoms with Crippen molar-refractivity contribution in [3.8, 4) is 5.75 Å². The minimum Gasteiger partial charge on any atom is -0.496 e. The summed E-state index contributed by atoms with van der Waals surface area (Å²) in [6, 6.07) is 5.27. The van der Waals surface area contributed by atoms with Gasteiger partial charge >= 0.3 is 5.97 Å². The van der Waals surface area contributed by atoms with Gasteiger partial charge in [-0.15, -0.1) is 0 Å². The number of rotatable bonds is 5. The third-order valence-corrected chi connectivity index (χ3v) is 2.42. The fourth-order valence-corrected chi connectivity index (χ4v) is 1.46. The molecule has 0 unspecified atom stereocenters. The summed E-state index contributed by atoms with van der Waals surface area (Å²) in [4.78, 5) is 10.8. The van der Waals surface area contributed by atoms with Gasteiger partial charge < -0.3 is 20.9 Å². The molecule has 4 N–H and O–H groups in total. The van der Waals surface area contributed by atoms with E-state index in [0.717, 1.165) is 11.1 Å². The molecule has 0 bridgehead atoms. The Balaban J connectivity index is 2.93. The van der Waals surface area contributed by atoms with Gasteiger partial charge in [-0.3, -0.25) is 4.79 Å². The summed E-state index contributed by atoms with van der Waals surface area (Å²) in [5.41, 5.74) is 13.0. The van der Waals surface area contributed by atoms with Crippen molar-refractivity contribution in [2.75, 3.05) is 13.7 Å². The number of carbonyl (C=O) groups is 1. The molecule has 0 radical (unpaired) electrons. The average molecular weight is 238 g/mol. The van der Waals surface area contributed by atoms with E-state index in [9.17, 15) is 4.79 Å². The van der Waals surface area contributed by atoms with Gasteiger partial charge in [0.1, 0.15) is 12.4 Å². The van der Waals surface area contributed by atoms with Crippen molar-refractivity contribution in [1.82, 2.24) is 0 Å². The van der Waals surface area contributed by atoms with E-state index in [4.69, 9.17) is 20.9 Å². The number of benzene rings is 1. The van der Waals surface area contributed by atoms with Crippen LogP contribution in [0.5, 0.6) is 5.75 Å². The van der Waals surface area contributed by atoms with Gasteiger partial charge in [0.25, 0.3) is 0 Å². The summed E-state index contributed by atoms with van der Waals surface area (Å²) in [6.07, 6.45) is 0. The highest BCUT2D eigenvalue weighted by atomic mass is 16.5. The lowest BCUT2D eigenvalue weighted by atomic mass is 10.0. The second-order valence-electron chi connectivity index (χ2n) is 3.69. The van der Waals surface area contributed by atoms with Crippen LogP contribution in [0.3, 0.4) is 0 Å². The molecule has 0 fully saturated rings. The van der Waals surface area contributed by atoms with Crippen LogP contribution in [0, 0.1) is 0 Å². The minimum atomic E-state index is -0.333. The Bertz CT molecular complexity index is 393. The van der Waals surface area contributed by atoms with Crippen LogP contribution in [0.15, 0.2) is 18.2 Å². The molecule has 1 atom stereocenters. The molecule has 1 aromatic rings. The normalized spacial score (nSPS) is 12.0. The van der Waals surface area contributed by atoms with E-state index in [1.54, 1.807) is 13.2 Å². The molecule has 5 nitrogen and oxygen atoms in total. The molecule has 0 amide bonds. The first kappa shape index (κ1) is 13.5. The van der Waals surface area contributed by atoms with Gasteiger partial charge in [0.05, 0.1) is 7.11 Å². The summed E-state index contributed by atoms with van der Waals surface area (Å²) in [5, 5.41) is 0. The van der Waals surface area contributed by atoms with Crippen LogP contribution in [0.4, 0.5) is 0 Å². The minimum absolute atomic E-state index is 0.170. The van der Waals surface area contributed by atoms with Crippen molar-refractivity contribution in [3.05, 3.63) is 29.3 Å². The predicted octanol–water partition coefficient (Wildman–Crippen LogP) is 0.717. The Morgan fingerprint density at radius 2 is 2.18 bits per heavy atom. The van der Waals surface area contributed by atoms with Crippen molar-refractivity contribution < 1.29 is 14.3 Å². The first-order chi connectivity index (χ1) is 8.08. The molecular formula is C12H18N2O3. The Kier molecular flexibility index (Phi) is 4.93. The average Bonchev–Trinajstić information content (AvgIpc) is 2.34. The van der Waals surface area contributed by atoms with E-state index in [-0.39, 0.29) is 18.6 Å². The van der Waals surface area contributed by atoms with Crippen molar-refractivity contribution in [3.63, 3.8) is 0 Å². The monoisotopic (exact) mass is 238 g/mol. The first-order valence-electron chi connectivity index (χ1n) is 5.34. The maximum Gasteiger partial charge on any atom is 0.302 e. The van der Waals surface area contributed by atoms with E-state index in [1.807, 2.05) is 12.1 Å². The van der Waals surface area contributed by atoms with Gasteiger partial charge in [-0.05, 0) is 17.7 Å². The van der Waals surface area contributed by atoms with Crippen molar-refractivity contribution in [1.29, 1.82) is 0 Å². The van der Waals surface area contributed by atoms with Gasteiger partial charge in [-0.1, -0.05) is 6.07 Å². The van der Waals surface area contributed by atoms with Crippen molar-refractivity contribution in [2.45, 2.75) is 19.6 Å². The third kappa shape index (κ3) is 3.72. The highest BCUT2D eigenvalue weighted by Gasteiger charge is 2.09. The number of carbonyl (C=O) groups excluding carboxylic acids is 1. The summed E-state index contributed by atoms with van der Waals surface area (Å²) < 4.78 is 10.1. The Labute approximate surface area is 101 Å². The Morgan fingerprint density at radius 3 is 2.71 bits per heavy atom. The fraction of sp³-hybridized carbons (Fsp3) is 0.417. The zero-order chi connectivity index (χ0) is 12.8. The molecule has 5 heteroatoms. The molecule has 1 aromatic carbocycles. The molecule has 1 rings (SSSR count). The molecule has 0 aliphatic rings. The number of nitrogens with two attached hydrogens (primary N) is 2. The second kappa shape index (κ2) is 6.22. The summed E-state index contributed by atoms with van der Waals surface area (Å²) in [5.74, 6) is 0.333. The Morgan fingerprint density at radius 1 is 1.47 bits per heavy atom. The maximum atomic E-state index is 10.8. The lowest BCUT2D eigenvalue weighted by Crippen LogP contribution is -2.20. The lowest BCUT2D eigenvalue weighted by molar-refractivity contribution is -0.142. The zero-order valence-corrected chi connectivity index (χ0v) is 10.1. The highest BCUT2D eigenvalue weighted by Crippen LogP contribution is 2.23. The van der Waals surface area contributed by atoms with Gasteiger partial charge in [0.2, 0.25) is 0 Å². The zero-order valence-electron chi connectivity index (χ0n) is 10.1. The maximum absolute atomic E-state index is 10.8. The highest BCUT2D eigenvalue weighted by molar-refractivity contribution is 5.66. The number of methoxy groups -OCH3 is 1. The number of hydrogen-bond donors (Lipinski definition) is 2. The second-order valence-corrected chi connectivity index (χ2v) is 3.69. The SMILES string of the molecule is COc1ccc([C@H](N)CN)cc1COC(C)=O. The van der Waals surface area contributed by atoms with E-state index < -0.39 is 0 Å². The summed E-state index contributed by atoms with van der Waals surface area (Å²) >= 11 is 0. The van der Waals surface area contributed by atoms with E-state index >= 15 is 0 Å². The summed E-state index contributed by atoms with van der Waals surface area (Å²) in [7, 11) is 1.56. The molecule has 0 heterocycles. The topological polar surface area (TPSA) is 87.6 Å². The van der Waals surface area contributed by atoms with Gasteiger partial charge in [-0.25, -0.2) is 0 Å². The number of hydrogen-bond acceptors (Lipinski definition) is 5. The van der Waals surface area contributed by atoms with E-state index in [0.29, 0.717) is 12.3 Å². The van der Waals surface area contributed by atoms with Crippen LogP contribution in [0.25, 0.3) is 0 Å². The van der Waals surface area contributed by atoms with E-state index in [2.05, 4.69) is 0 Å². The predicted molar refractivity (Wildman–Crippen MR) is 64.4 cm³/mol.